The highest BCUT2D eigenvalue weighted by atomic mass is 19.4. The van der Waals surface area contributed by atoms with Crippen LogP contribution in [-0.4, -0.2) is 16.4 Å². The van der Waals surface area contributed by atoms with Crippen LogP contribution in [0.4, 0.5) is 18.9 Å². The number of hydrogen-bond donors (Lipinski definition) is 1. The van der Waals surface area contributed by atoms with E-state index in [0.29, 0.717) is 13.0 Å². The van der Waals surface area contributed by atoms with Crippen molar-refractivity contribution in [1.29, 1.82) is 0 Å². The Morgan fingerprint density at radius 1 is 1.35 bits per heavy atom. The zero-order valence-electron chi connectivity index (χ0n) is 10.8. The summed E-state index contributed by atoms with van der Waals surface area (Å²) in [6, 6.07) is 3.07. The number of nitrogens with zero attached hydrogens (tertiary/aromatic N) is 2. The van der Waals surface area contributed by atoms with E-state index < -0.39 is 11.7 Å². The molecule has 0 aliphatic carbocycles. The molecule has 2 aromatic rings. The molecule has 108 valence electrons. The molecule has 7 heteroatoms. The van der Waals surface area contributed by atoms with E-state index in [1.54, 1.807) is 17.9 Å². The van der Waals surface area contributed by atoms with Crippen molar-refractivity contribution in [2.24, 2.45) is 7.05 Å². The highest BCUT2D eigenvalue weighted by molar-refractivity contribution is 5.54. The summed E-state index contributed by atoms with van der Waals surface area (Å²) in [7, 11) is 1.80. The third-order valence-electron chi connectivity index (χ3n) is 2.74. The average Bonchev–Trinajstić information content (AvgIpc) is 2.76. The lowest BCUT2D eigenvalue weighted by molar-refractivity contribution is -0.137. The zero-order valence-corrected chi connectivity index (χ0v) is 10.8. The Bertz CT molecular complexity index is 593. The average molecular weight is 285 g/mol. The Balaban J connectivity index is 1.96. The monoisotopic (exact) mass is 285 g/mol. The number of benzene rings is 1. The third kappa shape index (κ3) is 3.43. The summed E-state index contributed by atoms with van der Waals surface area (Å²) in [4.78, 5) is 0. The maximum atomic E-state index is 12.5. The molecule has 0 bridgehead atoms. The fourth-order valence-corrected chi connectivity index (χ4v) is 1.74. The highest BCUT2D eigenvalue weighted by Gasteiger charge is 2.30. The van der Waals surface area contributed by atoms with Crippen molar-refractivity contribution in [2.45, 2.75) is 12.6 Å². The van der Waals surface area contributed by atoms with Gasteiger partial charge in [0.15, 0.2) is 0 Å². The molecule has 0 saturated heterocycles. The molecule has 2 rings (SSSR count). The molecule has 20 heavy (non-hydrogen) atoms. The van der Waals surface area contributed by atoms with Gasteiger partial charge in [0, 0.05) is 19.7 Å². The Morgan fingerprint density at radius 3 is 2.65 bits per heavy atom. The molecule has 0 saturated carbocycles. The highest BCUT2D eigenvalue weighted by Crippen LogP contribution is 2.33. The number of aryl methyl sites for hydroxylation is 1. The van der Waals surface area contributed by atoms with Crippen LogP contribution in [0.5, 0.6) is 5.75 Å². The van der Waals surface area contributed by atoms with Crippen LogP contribution in [0.2, 0.25) is 0 Å². The van der Waals surface area contributed by atoms with Crippen LogP contribution < -0.4 is 10.5 Å². The minimum Gasteiger partial charge on any atom is -0.491 e. The standard InChI is InChI=1S/C13H14F3N3O/c1-19-8-9(7-18-19)4-5-20-12-3-2-10(6-11(12)17)13(14,15)16/h2-3,6-8H,4-5,17H2,1H3. The lowest BCUT2D eigenvalue weighted by Crippen LogP contribution is -2.07. The number of alkyl halides is 3. The van der Waals surface area contributed by atoms with Gasteiger partial charge in [0.25, 0.3) is 0 Å². The van der Waals surface area contributed by atoms with Crippen molar-refractivity contribution in [3.63, 3.8) is 0 Å². The lowest BCUT2D eigenvalue weighted by Gasteiger charge is -2.11. The van der Waals surface area contributed by atoms with E-state index in [1.807, 2.05) is 6.20 Å². The van der Waals surface area contributed by atoms with Gasteiger partial charge in [0.2, 0.25) is 0 Å². The smallest absolute Gasteiger partial charge is 0.416 e. The first-order valence-electron chi connectivity index (χ1n) is 5.93. The van der Waals surface area contributed by atoms with Crippen molar-refractivity contribution >= 4 is 5.69 Å². The minimum atomic E-state index is -4.40. The van der Waals surface area contributed by atoms with Crippen molar-refractivity contribution in [3.05, 3.63) is 41.7 Å². The maximum Gasteiger partial charge on any atom is 0.416 e. The van der Waals surface area contributed by atoms with E-state index in [0.717, 1.165) is 17.7 Å². The largest absolute Gasteiger partial charge is 0.491 e. The molecular formula is C13H14F3N3O. The Hall–Kier alpha value is -2.18. The summed E-state index contributed by atoms with van der Waals surface area (Å²) >= 11 is 0. The first kappa shape index (κ1) is 14.2. The van der Waals surface area contributed by atoms with Gasteiger partial charge in [0.1, 0.15) is 5.75 Å². The van der Waals surface area contributed by atoms with E-state index in [2.05, 4.69) is 5.10 Å². The Labute approximate surface area is 114 Å². The van der Waals surface area contributed by atoms with E-state index in [-0.39, 0.29) is 11.4 Å². The number of ether oxygens (including phenoxy) is 1. The molecule has 2 N–H and O–H groups in total. The Morgan fingerprint density at radius 2 is 2.10 bits per heavy atom. The molecule has 0 aliphatic rings. The summed E-state index contributed by atoms with van der Waals surface area (Å²) in [6.45, 7) is 0.321. The quantitative estimate of drug-likeness (QED) is 0.879. The lowest BCUT2D eigenvalue weighted by atomic mass is 10.2. The molecular weight excluding hydrogens is 271 g/mol. The first-order chi connectivity index (χ1) is 9.36. The number of hydrogen-bond acceptors (Lipinski definition) is 3. The fourth-order valence-electron chi connectivity index (χ4n) is 1.74. The SMILES string of the molecule is Cn1cc(CCOc2ccc(C(F)(F)F)cc2N)cn1. The van der Waals surface area contributed by atoms with Crippen LogP contribution in [0.3, 0.4) is 0 Å². The number of nitrogen functional groups attached to an aromatic ring is 1. The summed E-state index contributed by atoms with van der Waals surface area (Å²) in [5, 5.41) is 4.01. The van der Waals surface area contributed by atoms with Gasteiger partial charge in [0.05, 0.1) is 24.1 Å². The van der Waals surface area contributed by atoms with Gasteiger partial charge in [-0.3, -0.25) is 4.68 Å². The van der Waals surface area contributed by atoms with E-state index in [9.17, 15) is 13.2 Å². The van der Waals surface area contributed by atoms with Crippen LogP contribution in [0, 0.1) is 0 Å². The summed E-state index contributed by atoms with van der Waals surface area (Å²) in [5.41, 5.74) is 5.74. The van der Waals surface area contributed by atoms with Gasteiger partial charge in [-0.1, -0.05) is 0 Å². The van der Waals surface area contributed by atoms with E-state index >= 15 is 0 Å². The zero-order chi connectivity index (χ0) is 14.8. The molecule has 1 aromatic carbocycles. The molecule has 4 nitrogen and oxygen atoms in total. The van der Waals surface area contributed by atoms with Crippen molar-refractivity contribution < 1.29 is 17.9 Å². The predicted molar refractivity (Wildman–Crippen MR) is 68.3 cm³/mol. The second kappa shape index (κ2) is 5.44. The number of rotatable bonds is 4. The predicted octanol–water partition coefficient (Wildman–Crippen LogP) is 2.64. The molecule has 1 aromatic heterocycles. The molecule has 0 atom stereocenters. The summed E-state index contributed by atoms with van der Waals surface area (Å²) in [6.07, 6.45) is -0.240. The molecule has 0 aliphatic heterocycles. The second-order valence-corrected chi connectivity index (χ2v) is 4.37. The van der Waals surface area contributed by atoms with Crippen LogP contribution >= 0.6 is 0 Å². The van der Waals surface area contributed by atoms with Crippen LogP contribution in [0.25, 0.3) is 0 Å². The van der Waals surface area contributed by atoms with E-state index in [1.165, 1.54) is 6.07 Å². The number of halogens is 3. The molecule has 0 unspecified atom stereocenters. The molecule has 0 amide bonds. The maximum absolute atomic E-state index is 12.5. The van der Waals surface area contributed by atoms with Crippen LogP contribution in [0.1, 0.15) is 11.1 Å². The molecule has 0 spiro atoms. The number of anilines is 1. The first-order valence-corrected chi connectivity index (χ1v) is 5.93. The normalized spacial score (nSPS) is 11.6. The minimum absolute atomic E-state index is 0.0222. The van der Waals surface area contributed by atoms with Gasteiger partial charge < -0.3 is 10.5 Å². The van der Waals surface area contributed by atoms with Crippen molar-refractivity contribution in [2.75, 3.05) is 12.3 Å². The van der Waals surface area contributed by atoms with Gasteiger partial charge in [-0.05, 0) is 23.8 Å². The van der Waals surface area contributed by atoms with Crippen LogP contribution in [-0.2, 0) is 19.6 Å². The number of nitrogens with two attached hydrogens (primary N) is 1. The second-order valence-electron chi connectivity index (χ2n) is 4.37. The summed E-state index contributed by atoms with van der Waals surface area (Å²) in [5.74, 6) is 0.252. The molecule has 0 radical (unpaired) electrons. The number of aromatic nitrogens is 2. The topological polar surface area (TPSA) is 53.1 Å². The van der Waals surface area contributed by atoms with Crippen molar-refractivity contribution in [3.8, 4) is 5.75 Å². The van der Waals surface area contributed by atoms with Gasteiger partial charge in [-0.2, -0.15) is 18.3 Å². The van der Waals surface area contributed by atoms with Crippen molar-refractivity contribution in [1.82, 2.24) is 9.78 Å². The summed E-state index contributed by atoms with van der Waals surface area (Å²) < 4.78 is 44.5. The van der Waals surface area contributed by atoms with Gasteiger partial charge in [-0.15, -0.1) is 0 Å². The molecule has 0 fully saturated rings. The fraction of sp³-hybridized carbons (Fsp3) is 0.308. The van der Waals surface area contributed by atoms with E-state index in [4.69, 9.17) is 10.5 Å². The third-order valence-corrected chi connectivity index (χ3v) is 2.74. The Kier molecular flexibility index (Phi) is 3.87. The van der Waals surface area contributed by atoms with Gasteiger partial charge >= 0.3 is 6.18 Å². The van der Waals surface area contributed by atoms with Gasteiger partial charge in [-0.25, -0.2) is 0 Å². The van der Waals surface area contributed by atoms with Crippen LogP contribution in [0.15, 0.2) is 30.6 Å². The molecule has 1 heterocycles.